The van der Waals surface area contributed by atoms with Crippen LogP contribution in [0.1, 0.15) is 33.6 Å². The topological polar surface area (TPSA) is 128 Å². The summed E-state index contributed by atoms with van der Waals surface area (Å²) in [6.07, 6.45) is 0.161. The molecule has 1 atom stereocenters. The minimum absolute atomic E-state index is 0. The van der Waals surface area contributed by atoms with Crippen molar-refractivity contribution in [3.05, 3.63) is 29.3 Å². The highest BCUT2D eigenvalue weighted by molar-refractivity contribution is 6.25. The predicted octanol–water partition coefficient (Wildman–Crippen LogP) is -0.225. The third kappa shape index (κ3) is 4.65. The molecule has 168 valence electrons. The van der Waals surface area contributed by atoms with Gasteiger partial charge in [0, 0.05) is 38.3 Å². The summed E-state index contributed by atoms with van der Waals surface area (Å²) in [4.78, 5) is 64.4. The van der Waals surface area contributed by atoms with E-state index >= 15 is 0 Å². The summed E-state index contributed by atoms with van der Waals surface area (Å²) in [6, 6.07) is 3.75. The smallest absolute Gasteiger partial charge is 0.264 e. The number of benzene rings is 1. The minimum atomic E-state index is -1.02. The Morgan fingerprint density at radius 2 is 1.77 bits per heavy atom. The lowest BCUT2D eigenvalue weighted by atomic mass is 10.0. The van der Waals surface area contributed by atoms with Crippen molar-refractivity contribution in [2.75, 3.05) is 38.0 Å². The van der Waals surface area contributed by atoms with E-state index in [4.69, 9.17) is 0 Å². The SMILES string of the molecule is Cl.Cl.O=C1CCC(N2C(=O)c3cccc(NCC(=O)N4CCNCC4)c3C2=O)C(=O)N1. The van der Waals surface area contributed by atoms with E-state index in [1.165, 1.54) is 6.07 Å². The Balaban J connectivity index is 0.00000171. The molecule has 3 aliphatic heterocycles. The molecule has 0 aliphatic carbocycles. The van der Waals surface area contributed by atoms with E-state index in [0.717, 1.165) is 18.0 Å². The first-order valence-corrected chi connectivity index (χ1v) is 9.54. The molecule has 12 heteroatoms. The van der Waals surface area contributed by atoms with Crippen LogP contribution in [0.25, 0.3) is 0 Å². The summed E-state index contributed by atoms with van der Waals surface area (Å²) in [5, 5.41) is 8.31. The summed E-state index contributed by atoms with van der Waals surface area (Å²) in [5.74, 6) is -2.34. The quantitative estimate of drug-likeness (QED) is 0.517. The standard InChI is InChI=1S/C19H21N5O5.2ClH/c25-14-5-4-13(17(27)22-14)24-18(28)11-2-1-3-12(16(11)19(24)29)21-10-15(26)23-8-6-20-7-9-23;;/h1-3,13,20-21H,4-10H2,(H,22,25,27);2*1H. The largest absolute Gasteiger partial charge is 0.375 e. The van der Waals surface area contributed by atoms with Crippen molar-refractivity contribution in [1.82, 2.24) is 20.4 Å². The van der Waals surface area contributed by atoms with Gasteiger partial charge in [0.25, 0.3) is 11.8 Å². The minimum Gasteiger partial charge on any atom is -0.375 e. The number of piperidine rings is 1. The molecule has 3 aliphatic rings. The van der Waals surface area contributed by atoms with Gasteiger partial charge < -0.3 is 15.5 Å². The van der Waals surface area contributed by atoms with Gasteiger partial charge in [0.1, 0.15) is 6.04 Å². The van der Waals surface area contributed by atoms with Crippen LogP contribution in [0.3, 0.4) is 0 Å². The molecule has 3 heterocycles. The lowest BCUT2D eigenvalue weighted by molar-refractivity contribution is -0.136. The van der Waals surface area contributed by atoms with Crippen LogP contribution in [0.15, 0.2) is 18.2 Å². The van der Waals surface area contributed by atoms with E-state index in [9.17, 15) is 24.0 Å². The van der Waals surface area contributed by atoms with Crippen molar-refractivity contribution in [2.24, 2.45) is 0 Å². The van der Waals surface area contributed by atoms with Gasteiger partial charge in [0.15, 0.2) is 0 Å². The Morgan fingerprint density at radius 1 is 1.06 bits per heavy atom. The molecular weight excluding hydrogens is 449 g/mol. The lowest BCUT2D eigenvalue weighted by Gasteiger charge is -2.28. The molecule has 4 rings (SSSR count). The molecule has 0 saturated carbocycles. The van der Waals surface area contributed by atoms with E-state index in [-0.39, 0.29) is 61.2 Å². The number of nitrogens with one attached hydrogen (secondary N) is 3. The molecule has 0 aromatic heterocycles. The number of halogens is 2. The third-order valence-electron chi connectivity index (χ3n) is 5.37. The highest BCUT2D eigenvalue weighted by Crippen LogP contribution is 2.32. The van der Waals surface area contributed by atoms with Gasteiger partial charge in [-0.15, -0.1) is 24.8 Å². The Hall–Kier alpha value is -2.69. The number of imide groups is 2. The van der Waals surface area contributed by atoms with Gasteiger partial charge >= 0.3 is 0 Å². The van der Waals surface area contributed by atoms with Crippen LogP contribution in [0, 0.1) is 0 Å². The van der Waals surface area contributed by atoms with Gasteiger partial charge in [0.05, 0.1) is 17.7 Å². The number of amides is 5. The maximum Gasteiger partial charge on any atom is 0.264 e. The zero-order valence-corrected chi connectivity index (χ0v) is 18.1. The molecule has 1 aromatic carbocycles. The monoisotopic (exact) mass is 471 g/mol. The van der Waals surface area contributed by atoms with E-state index in [1.807, 2.05) is 0 Å². The zero-order chi connectivity index (χ0) is 20.5. The number of anilines is 1. The fourth-order valence-corrected chi connectivity index (χ4v) is 3.86. The van der Waals surface area contributed by atoms with Crippen molar-refractivity contribution < 1.29 is 24.0 Å². The number of piperazine rings is 1. The van der Waals surface area contributed by atoms with Crippen LogP contribution in [-0.4, -0.2) is 78.1 Å². The number of rotatable bonds is 4. The number of carbonyl (C=O) groups is 5. The first-order chi connectivity index (χ1) is 14.0. The van der Waals surface area contributed by atoms with Gasteiger partial charge in [0.2, 0.25) is 17.7 Å². The van der Waals surface area contributed by atoms with Crippen LogP contribution in [-0.2, 0) is 14.4 Å². The van der Waals surface area contributed by atoms with Gasteiger partial charge in [-0.05, 0) is 18.6 Å². The first kappa shape index (κ1) is 24.6. The molecule has 10 nitrogen and oxygen atoms in total. The third-order valence-corrected chi connectivity index (χ3v) is 5.37. The van der Waals surface area contributed by atoms with Gasteiger partial charge in [-0.2, -0.15) is 0 Å². The summed E-state index contributed by atoms with van der Waals surface area (Å²) >= 11 is 0. The average Bonchev–Trinajstić information content (AvgIpc) is 2.98. The summed E-state index contributed by atoms with van der Waals surface area (Å²) in [6.45, 7) is 2.71. The van der Waals surface area contributed by atoms with E-state index in [0.29, 0.717) is 18.8 Å². The van der Waals surface area contributed by atoms with Gasteiger partial charge in [-0.1, -0.05) is 6.07 Å². The van der Waals surface area contributed by atoms with Crippen molar-refractivity contribution in [1.29, 1.82) is 0 Å². The second kappa shape index (κ2) is 10.1. The Kier molecular flexibility index (Phi) is 7.99. The number of nitrogens with zero attached hydrogens (tertiary/aromatic N) is 2. The molecule has 31 heavy (non-hydrogen) atoms. The van der Waals surface area contributed by atoms with Crippen LogP contribution < -0.4 is 16.0 Å². The molecule has 0 radical (unpaired) electrons. The van der Waals surface area contributed by atoms with Crippen molar-refractivity contribution in [2.45, 2.75) is 18.9 Å². The van der Waals surface area contributed by atoms with Crippen molar-refractivity contribution in [3.63, 3.8) is 0 Å². The first-order valence-electron chi connectivity index (χ1n) is 9.54. The van der Waals surface area contributed by atoms with Crippen LogP contribution in [0.5, 0.6) is 0 Å². The maximum atomic E-state index is 13.0. The molecule has 2 fully saturated rings. The zero-order valence-electron chi connectivity index (χ0n) is 16.5. The molecule has 1 aromatic rings. The highest BCUT2D eigenvalue weighted by Gasteiger charge is 2.45. The second-order valence-corrected chi connectivity index (χ2v) is 7.16. The van der Waals surface area contributed by atoms with E-state index in [1.54, 1.807) is 17.0 Å². The Morgan fingerprint density at radius 3 is 2.45 bits per heavy atom. The second-order valence-electron chi connectivity index (χ2n) is 7.16. The molecule has 0 spiro atoms. The van der Waals surface area contributed by atoms with E-state index in [2.05, 4.69) is 16.0 Å². The Labute approximate surface area is 190 Å². The number of carbonyl (C=O) groups excluding carboxylic acids is 5. The molecular formula is C19H23Cl2N5O5. The normalized spacial score (nSPS) is 20.5. The Bertz CT molecular complexity index is 919. The molecule has 2 saturated heterocycles. The van der Waals surface area contributed by atoms with Crippen LogP contribution in [0.4, 0.5) is 5.69 Å². The van der Waals surface area contributed by atoms with E-state index < -0.39 is 29.7 Å². The number of fused-ring (bicyclic) bond motifs is 1. The molecule has 0 bridgehead atoms. The summed E-state index contributed by atoms with van der Waals surface area (Å²) in [7, 11) is 0. The van der Waals surface area contributed by atoms with Gasteiger partial charge in [-0.25, -0.2) is 0 Å². The maximum absolute atomic E-state index is 13.0. The molecule has 1 unspecified atom stereocenters. The van der Waals surface area contributed by atoms with Crippen LogP contribution in [0.2, 0.25) is 0 Å². The average molecular weight is 472 g/mol. The highest BCUT2D eigenvalue weighted by atomic mass is 35.5. The molecule has 3 N–H and O–H groups in total. The number of hydrogen-bond acceptors (Lipinski definition) is 7. The lowest BCUT2D eigenvalue weighted by Crippen LogP contribution is -2.54. The fourth-order valence-electron chi connectivity index (χ4n) is 3.86. The van der Waals surface area contributed by atoms with Crippen molar-refractivity contribution in [3.8, 4) is 0 Å². The van der Waals surface area contributed by atoms with Gasteiger partial charge in [-0.3, -0.25) is 34.2 Å². The summed E-state index contributed by atoms with van der Waals surface area (Å²) in [5.41, 5.74) is 0.703. The predicted molar refractivity (Wildman–Crippen MR) is 116 cm³/mol. The number of hydrogen-bond donors (Lipinski definition) is 3. The molecule has 5 amide bonds. The van der Waals surface area contributed by atoms with Crippen molar-refractivity contribution >= 4 is 60.0 Å². The fraction of sp³-hybridized carbons (Fsp3) is 0.421. The summed E-state index contributed by atoms with van der Waals surface area (Å²) < 4.78 is 0. The van der Waals surface area contributed by atoms with Crippen LogP contribution >= 0.6 is 24.8 Å².